The highest BCUT2D eigenvalue weighted by Crippen LogP contribution is 2.23. The zero-order chi connectivity index (χ0) is 12.8. The fraction of sp³-hybridized carbons (Fsp3) is 0.462. The highest BCUT2D eigenvalue weighted by atomic mass is 19.1. The van der Waals surface area contributed by atoms with Crippen LogP contribution in [0.1, 0.15) is 23.7 Å². The number of Topliss-reactive ketones (excluding diaryl/α,β-unsaturated/α-hetero) is 1. The van der Waals surface area contributed by atoms with Crippen LogP contribution in [0, 0.1) is 5.82 Å². The van der Waals surface area contributed by atoms with Gasteiger partial charge in [0.25, 0.3) is 0 Å². The Balaban J connectivity index is 2.66. The van der Waals surface area contributed by atoms with E-state index in [1.165, 1.54) is 19.1 Å². The number of halogens is 1. The second-order valence-electron chi connectivity index (χ2n) is 4.18. The molecule has 0 saturated carbocycles. The summed E-state index contributed by atoms with van der Waals surface area (Å²) in [6.07, 6.45) is 0.790. The summed E-state index contributed by atoms with van der Waals surface area (Å²) in [6, 6.07) is 4.39. The normalized spacial score (nSPS) is 10.6. The third kappa shape index (κ3) is 4.15. The van der Waals surface area contributed by atoms with Gasteiger partial charge in [0.2, 0.25) is 0 Å². The predicted molar refractivity (Wildman–Crippen MR) is 65.1 cm³/mol. The molecule has 1 aromatic rings. The first-order valence-electron chi connectivity index (χ1n) is 5.59. The van der Waals surface area contributed by atoms with Crippen molar-refractivity contribution in [2.45, 2.75) is 13.3 Å². The van der Waals surface area contributed by atoms with Crippen LogP contribution in [-0.2, 0) is 0 Å². The van der Waals surface area contributed by atoms with Crippen molar-refractivity contribution in [2.75, 3.05) is 27.2 Å². The van der Waals surface area contributed by atoms with Crippen LogP contribution in [0.25, 0.3) is 0 Å². The summed E-state index contributed by atoms with van der Waals surface area (Å²) in [6.45, 7) is 2.67. The fourth-order valence-electron chi connectivity index (χ4n) is 1.49. The van der Waals surface area contributed by atoms with Gasteiger partial charge in [-0.1, -0.05) is 6.07 Å². The Labute approximate surface area is 101 Å². The molecular formula is C13H18FNO2. The minimum atomic E-state index is -0.484. The van der Waals surface area contributed by atoms with E-state index in [0.717, 1.165) is 13.0 Å². The smallest absolute Gasteiger partial charge is 0.165 e. The molecular weight excluding hydrogens is 221 g/mol. The van der Waals surface area contributed by atoms with Gasteiger partial charge in [0.1, 0.15) is 0 Å². The third-order valence-corrected chi connectivity index (χ3v) is 2.34. The summed E-state index contributed by atoms with van der Waals surface area (Å²) >= 11 is 0. The maximum absolute atomic E-state index is 13.5. The van der Waals surface area contributed by atoms with E-state index < -0.39 is 5.82 Å². The highest BCUT2D eigenvalue weighted by molar-refractivity contribution is 5.96. The van der Waals surface area contributed by atoms with Crippen LogP contribution >= 0.6 is 0 Å². The summed E-state index contributed by atoms with van der Waals surface area (Å²) < 4.78 is 18.9. The van der Waals surface area contributed by atoms with Crippen molar-refractivity contribution in [2.24, 2.45) is 0 Å². The van der Waals surface area contributed by atoms with Crippen molar-refractivity contribution in [3.8, 4) is 5.75 Å². The lowest BCUT2D eigenvalue weighted by molar-refractivity contribution is 0.101. The van der Waals surface area contributed by atoms with Crippen LogP contribution in [0.3, 0.4) is 0 Å². The minimum Gasteiger partial charge on any atom is -0.490 e. The average Bonchev–Trinajstić information content (AvgIpc) is 2.25. The molecule has 0 aliphatic rings. The second-order valence-corrected chi connectivity index (χ2v) is 4.18. The molecule has 1 aromatic carbocycles. The summed E-state index contributed by atoms with van der Waals surface area (Å²) in [7, 11) is 3.92. The second kappa shape index (κ2) is 6.35. The molecule has 0 unspecified atom stereocenters. The van der Waals surface area contributed by atoms with E-state index in [1.807, 2.05) is 19.0 Å². The van der Waals surface area contributed by atoms with Crippen LogP contribution in [0.4, 0.5) is 4.39 Å². The molecule has 0 aliphatic heterocycles. The lowest BCUT2D eigenvalue weighted by Crippen LogP contribution is -2.16. The monoisotopic (exact) mass is 239 g/mol. The summed E-state index contributed by atoms with van der Waals surface area (Å²) in [5.41, 5.74) is 0.301. The van der Waals surface area contributed by atoms with E-state index >= 15 is 0 Å². The number of carbonyl (C=O) groups is 1. The van der Waals surface area contributed by atoms with Gasteiger partial charge in [0.05, 0.1) is 12.2 Å². The number of rotatable bonds is 6. The Morgan fingerprint density at radius 2 is 2.12 bits per heavy atom. The zero-order valence-electron chi connectivity index (χ0n) is 10.5. The molecule has 0 amide bonds. The maximum atomic E-state index is 13.5. The molecule has 0 N–H and O–H groups in total. The SMILES string of the molecule is CC(=O)c1cccc(F)c1OCCCN(C)C. The van der Waals surface area contributed by atoms with Crippen molar-refractivity contribution in [3.05, 3.63) is 29.6 Å². The number of nitrogens with zero attached hydrogens (tertiary/aromatic N) is 1. The van der Waals surface area contributed by atoms with Crippen LogP contribution in [0.5, 0.6) is 5.75 Å². The lowest BCUT2D eigenvalue weighted by Gasteiger charge is -2.12. The molecule has 0 atom stereocenters. The Morgan fingerprint density at radius 1 is 1.41 bits per heavy atom. The van der Waals surface area contributed by atoms with Gasteiger partial charge in [-0.3, -0.25) is 4.79 Å². The van der Waals surface area contributed by atoms with Crippen molar-refractivity contribution in [3.63, 3.8) is 0 Å². The Kier molecular flexibility index (Phi) is 5.10. The van der Waals surface area contributed by atoms with Crippen molar-refractivity contribution in [1.82, 2.24) is 4.90 Å². The van der Waals surface area contributed by atoms with Gasteiger partial charge in [-0.2, -0.15) is 0 Å². The Hall–Kier alpha value is -1.42. The van der Waals surface area contributed by atoms with Gasteiger partial charge in [-0.25, -0.2) is 4.39 Å². The first-order chi connectivity index (χ1) is 8.02. The zero-order valence-corrected chi connectivity index (χ0v) is 10.5. The van der Waals surface area contributed by atoms with Gasteiger partial charge in [-0.15, -0.1) is 0 Å². The van der Waals surface area contributed by atoms with E-state index in [-0.39, 0.29) is 11.5 Å². The fourth-order valence-corrected chi connectivity index (χ4v) is 1.49. The van der Waals surface area contributed by atoms with Crippen LogP contribution in [0.2, 0.25) is 0 Å². The molecule has 0 fully saturated rings. The van der Waals surface area contributed by atoms with E-state index in [0.29, 0.717) is 12.2 Å². The largest absolute Gasteiger partial charge is 0.490 e. The minimum absolute atomic E-state index is 0.0683. The van der Waals surface area contributed by atoms with Gasteiger partial charge in [0, 0.05) is 6.54 Å². The molecule has 1 rings (SSSR count). The molecule has 0 bridgehead atoms. The first kappa shape index (κ1) is 13.6. The van der Waals surface area contributed by atoms with Crippen molar-refractivity contribution in [1.29, 1.82) is 0 Å². The summed E-state index contributed by atoms with van der Waals surface area (Å²) in [5.74, 6) is -0.603. The topological polar surface area (TPSA) is 29.5 Å². The summed E-state index contributed by atoms with van der Waals surface area (Å²) in [5, 5.41) is 0. The molecule has 0 spiro atoms. The Bertz CT molecular complexity index is 391. The van der Waals surface area contributed by atoms with E-state index in [4.69, 9.17) is 4.74 Å². The van der Waals surface area contributed by atoms with Gasteiger partial charge < -0.3 is 9.64 Å². The molecule has 0 aliphatic carbocycles. The van der Waals surface area contributed by atoms with Crippen LogP contribution in [-0.4, -0.2) is 37.9 Å². The number of para-hydroxylation sites is 1. The standard InChI is InChI=1S/C13H18FNO2/c1-10(16)11-6-4-7-12(14)13(11)17-9-5-8-15(2)3/h4,6-7H,5,8-9H2,1-3H3. The first-order valence-corrected chi connectivity index (χ1v) is 5.59. The van der Waals surface area contributed by atoms with E-state index in [2.05, 4.69) is 0 Å². The van der Waals surface area contributed by atoms with Crippen LogP contribution < -0.4 is 4.74 Å². The lowest BCUT2D eigenvalue weighted by atomic mass is 10.1. The van der Waals surface area contributed by atoms with Gasteiger partial charge in [0.15, 0.2) is 17.3 Å². The molecule has 94 valence electrons. The molecule has 3 nitrogen and oxygen atoms in total. The number of hydrogen-bond acceptors (Lipinski definition) is 3. The Morgan fingerprint density at radius 3 is 2.71 bits per heavy atom. The maximum Gasteiger partial charge on any atom is 0.165 e. The molecule has 0 saturated heterocycles. The van der Waals surface area contributed by atoms with Crippen molar-refractivity contribution < 1.29 is 13.9 Å². The van der Waals surface area contributed by atoms with Crippen molar-refractivity contribution >= 4 is 5.78 Å². The quantitative estimate of drug-likeness (QED) is 0.564. The number of ketones is 1. The molecule has 0 radical (unpaired) electrons. The number of benzene rings is 1. The van der Waals surface area contributed by atoms with Gasteiger partial charge >= 0.3 is 0 Å². The van der Waals surface area contributed by atoms with Gasteiger partial charge in [-0.05, 0) is 39.6 Å². The third-order valence-electron chi connectivity index (χ3n) is 2.34. The molecule has 4 heteroatoms. The van der Waals surface area contributed by atoms with Crippen LogP contribution in [0.15, 0.2) is 18.2 Å². The number of carbonyl (C=O) groups excluding carboxylic acids is 1. The highest BCUT2D eigenvalue weighted by Gasteiger charge is 2.12. The van der Waals surface area contributed by atoms with E-state index in [9.17, 15) is 9.18 Å². The summed E-state index contributed by atoms with van der Waals surface area (Å²) in [4.78, 5) is 13.3. The molecule has 17 heavy (non-hydrogen) atoms. The average molecular weight is 239 g/mol. The number of ether oxygens (including phenoxy) is 1. The van der Waals surface area contributed by atoms with E-state index in [1.54, 1.807) is 6.07 Å². The number of hydrogen-bond donors (Lipinski definition) is 0. The molecule has 0 aromatic heterocycles. The predicted octanol–water partition coefficient (Wildman–Crippen LogP) is 2.36. The molecule has 0 heterocycles.